The summed E-state index contributed by atoms with van der Waals surface area (Å²) in [6, 6.07) is 10.2. The topological polar surface area (TPSA) is 38.9 Å². The van der Waals surface area contributed by atoms with Crippen molar-refractivity contribution in [1.82, 2.24) is 9.97 Å². The molecule has 2 aromatic heterocycles. The summed E-state index contributed by atoms with van der Waals surface area (Å²) >= 11 is 3.38. The Morgan fingerprint density at radius 3 is 2.45 bits per heavy atom. The third-order valence-corrected chi connectivity index (χ3v) is 3.65. The molecule has 3 nitrogen and oxygen atoms in total. The summed E-state index contributed by atoms with van der Waals surface area (Å²) in [5.74, 6) is 0.603. The first-order valence-corrected chi connectivity index (χ1v) is 7.26. The molecule has 4 heteroatoms. The highest BCUT2D eigenvalue weighted by Crippen LogP contribution is 2.28. The second-order valence-electron chi connectivity index (χ2n) is 5.82. The van der Waals surface area contributed by atoms with E-state index >= 15 is 0 Å². The van der Waals surface area contributed by atoms with Gasteiger partial charge in [-0.2, -0.15) is 4.98 Å². The van der Waals surface area contributed by atoms with Gasteiger partial charge in [0.2, 0.25) is 5.89 Å². The highest BCUT2D eigenvalue weighted by Gasteiger charge is 2.14. The highest BCUT2D eigenvalue weighted by molar-refractivity contribution is 9.10. The monoisotopic (exact) mass is 330 g/mol. The summed E-state index contributed by atoms with van der Waals surface area (Å²) in [6.07, 6.45) is 1.72. The highest BCUT2D eigenvalue weighted by atomic mass is 79.9. The van der Waals surface area contributed by atoms with Crippen LogP contribution >= 0.6 is 15.9 Å². The average molecular weight is 331 g/mol. The van der Waals surface area contributed by atoms with Gasteiger partial charge in [-0.3, -0.25) is 0 Å². The van der Waals surface area contributed by atoms with Crippen LogP contribution in [-0.2, 0) is 5.41 Å². The zero-order chi connectivity index (χ0) is 14.3. The minimum atomic E-state index is 0.145. The number of rotatable bonds is 1. The Hall–Kier alpha value is -1.68. The van der Waals surface area contributed by atoms with E-state index in [1.807, 2.05) is 18.2 Å². The Balaban J connectivity index is 2.02. The number of halogens is 1. The lowest BCUT2D eigenvalue weighted by atomic mass is 9.87. The SMILES string of the molecule is CC(C)(C)c1ccc(-c2nc3ncc(Br)cc3o2)cc1. The van der Waals surface area contributed by atoms with E-state index in [1.54, 1.807) is 6.20 Å². The van der Waals surface area contributed by atoms with Crippen LogP contribution in [0.3, 0.4) is 0 Å². The number of hydrogen-bond donors (Lipinski definition) is 0. The van der Waals surface area contributed by atoms with Gasteiger partial charge >= 0.3 is 0 Å². The standard InChI is InChI=1S/C16H15BrN2O/c1-16(2,3)11-6-4-10(5-7-11)15-19-14-13(20-15)8-12(17)9-18-14/h4-9H,1-3H3. The summed E-state index contributed by atoms with van der Waals surface area (Å²) in [7, 11) is 0. The van der Waals surface area contributed by atoms with Gasteiger partial charge in [0.05, 0.1) is 0 Å². The van der Waals surface area contributed by atoms with E-state index in [0.29, 0.717) is 17.1 Å². The van der Waals surface area contributed by atoms with E-state index < -0.39 is 0 Å². The molecule has 0 unspecified atom stereocenters. The Labute approximate surface area is 126 Å². The maximum atomic E-state index is 5.76. The van der Waals surface area contributed by atoms with E-state index in [2.05, 4.69) is 58.8 Å². The van der Waals surface area contributed by atoms with E-state index in [0.717, 1.165) is 10.0 Å². The molecule has 0 spiro atoms. The predicted molar refractivity (Wildman–Crippen MR) is 83.6 cm³/mol. The molecule has 102 valence electrons. The fourth-order valence-electron chi connectivity index (χ4n) is 2.03. The first kappa shape index (κ1) is 13.3. The number of fused-ring (bicyclic) bond motifs is 1. The number of benzene rings is 1. The Kier molecular flexibility index (Phi) is 3.13. The molecule has 0 atom stereocenters. The second-order valence-corrected chi connectivity index (χ2v) is 6.74. The van der Waals surface area contributed by atoms with E-state index in [4.69, 9.17) is 4.42 Å². The molecule has 1 aromatic carbocycles. The van der Waals surface area contributed by atoms with Crippen LogP contribution in [0.1, 0.15) is 26.3 Å². The van der Waals surface area contributed by atoms with Crippen molar-refractivity contribution in [2.24, 2.45) is 0 Å². The normalized spacial score (nSPS) is 12.0. The van der Waals surface area contributed by atoms with Gasteiger partial charge in [0.15, 0.2) is 11.2 Å². The van der Waals surface area contributed by atoms with Crippen molar-refractivity contribution in [2.45, 2.75) is 26.2 Å². The smallest absolute Gasteiger partial charge is 0.228 e. The fourth-order valence-corrected chi connectivity index (χ4v) is 2.34. The third-order valence-electron chi connectivity index (χ3n) is 3.21. The van der Waals surface area contributed by atoms with E-state index in [9.17, 15) is 0 Å². The first-order chi connectivity index (χ1) is 9.43. The molecular weight excluding hydrogens is 316 g/mol. The van der Waals surface area contributed by atoms with Crippen LogP contribution in [0.4, 0.5) is 0 Å². The Bertz CT molecular complexity index is 754. The quantitative estimate of drug-likeness (QED) is 0.633. The molecule has 0 saturated carbocycles. The van der Waals surface area contributed by atoms with Crippen LogP contribution in [0, 0.1) is 0 Å². The maximum Gasteiger partial charge on any atom is 0.228 e. The zero-order valence-electron chi connectivity index (χ0n) is 11.6. The summed E-state index contributed by atoms with van der Waals surface area (Å²) < 4.78 is 6.64. The number of hydrogen-bond acceptors (Lipinski definition) is 3. The average Bonchev–Trinajstić information content (AvgIpc) is 2.80. The molecule has 0 fully saturated rings. The van der Waals surface area contributed by atoms with Gasteiger partial charge in [0, 0.05) is 22.3 Å². The number of pyridine rings is 1. The van der Waals surface area contributed by atoms with Gasteiger partial charge in [-0.05, 0) is 39.0 Å². The van der Waals surface area contributed by atoms with Gasteiger partial charge in [-0.1, -0.05) is 32.9 Å². The van der Waals surface area contributed by atoms with Crippen LogP contribution in [0.15, 0.2) is 45.4 Å². The minimum absolute atomic E-state index is 0.145. The van der Waals surface area contributed by atoms with Crippen LogP contribution in [-0.4, -0.2) is 9.97 Å². The lowest BCUT2D eigenvalue weighted by Gasteiger charge is -2.18. The number of oxazole rings is 1. The molecule has 3 rings (SSSR count). The zero-order valence-corrected chi connectivity index (χ0v) is 13.2. The molecule has 3 aromatic rings. The van der Waals surface area contributed by atoms with Gasteiger partial charge in [0.25, 0.3) is 0 Å². The molecule has 0 aliphatic heterocycles. The predicted octanol–water partition coefficient (Wildman–Crippen LogP) is 4.95. The van der Waals surface area contributed by atoms with E-state index in [-0.39, 0.29) is 5.41 Å². The molecule has 0 amide bonds. The summed E-state index contributed by atoms with van der Waals surface area (Å²) in [4.78, 5) is 8.65. The summed E-state index contributed by atoms with van der Waals surface area (Å²) in [5.41, 5.74) is 3.72. The Morgan fingerprint density at radius 1 is 1.10 bits per heavy atom. The summed E-state index contributed by atoms with van der Waals surface area (Å²) in [6.45, 7) is 6.59. The van der Waals surface area contributed by atoms with Crippen molar-refractivity contribution in [3.05, 3.63) is 46.6 Å². The molecule has 0 aliphatic carbocycles. The molecule has 0 bridgehead atoms. The first-order valence-electron chi connectivity index (χ1n) is 6.46. The largest absolute Gasteiger partial charge is 0.434 e. The van der Waals surface area contributed by atoms with Crippen molar-refractivity contribution >= 4 is 27.2 Å². The van der Waals surface area contributed by atoms with Gasteiger partial charge < -0.3 is 4.42 Å². The lowest BCUT2D eigenvalue weighted by Crippen LogP contribution is -2.10. The van der Waals surface area contributed by atoms with Crippen LogP contribution < -0.4 is 0 Å². The molecule has 0 radical (unpaired) electrons. The number of aromatic nitrogens is 2. The molecule has 2 heterocycles. The van der Waals surface area contributed by atoms with Crippen LogP contribution in [0.25, 0.3) is 22.7 Å². The van der Waals surface area contributed by atoms with Crippen LogP contribution in [0.5, 0.6) is 0 Å². The second kappa shape index (κ2) is 4.70. The van der Waals surface area contributed by atoms with Crippen LogP contribution in [0.2, 0.25) is 0 Å². The fraction of sp³-hybridized carbons (Fsp3) is 0.250. The maximum absolute atomic E-state index is 5.76. The van der Waals surface area contributed by atoms with Crippen molar-refractivity contribution in [2.75, 3.05) is 0 Å². The lowest BCUT2D eigenvalue weighted by molar-refractivity contribution is 0.589. The van der Waals surface area contributed by atoms with Gasteiger partial charge in [0.1, 0.15) is 0 Å². The van der Waals surface area contributed by atoms with Crippen molar-refractivity contribution in [3.63, 3.8) is 0 Å². The third kappa shape index (κ3) is 2.48. The van der Waals surface area contributed by atoms with Crippen molar-refractivity contribution in [1.29, 1.82) is 0 Å². The Morgan fingerprint density at radius 2 is 1.80 bits per heavy atom. The van der Waals surface area contributed by atoms with Gasteiger partial charge in [-0.15, -0.1) is 0 Å². The van der Waals surface area contributed by atoms with Crippen molar-refractivity contribution in [3.8, 4) is 11.5 Å². The molecule has 0 N–H and O–H groups in total. The molecular formula is C16H15BrN2O. The minimum Gasteiger partial charge on any atom is -0.434 e. The molecule has 0 saturated heterocycles. The summed E-state index contributed by atoms with van der Waals surface area (Å²) in [5, 5.41) is 0. The van der Waals surface area contributed by atoms with E-state index in [1.165, 1.54) is 5.56 Å². The van der Waals surface area contributed by atoms with Crippen molar-refractivity contribution < 1.29 is 4.42 Å². The molecule has 0 aliphatic rings. The number of nitrogens with zero attached hydrogens (tertiary/aromatic N) is 2. The van der Waals surface area contributed by atoms with Gasteiger partial charge in [-0.25, -0.2) is 4.98 Å². The molecule has 20 heavy (non-hydrogen) atoms.